The van der Waals surface area contributed by atoms with Crippen molar-refractivity contribution in [2.24, 2.45) is 0 Å². The standard InChI is InChI=1S/C16H22N2O7/c1-9(19)12(14(21)17-13(10(2)20)15(22)23)18-16(24)25-8-11-6-4-3-5-7-11/h3-7,9-10,12-13,19-20H,8H2,1-2H3,(H,17,21)(H,18,24)(H,22,23)/t9-,10+,12-,13+/m1/s1. The third-order valence-electron chi connectivity index (χ3n) is 3.30. The summed E-state index contributed by atoms with van der Waals surface area (Å²) in [6.07, 6.45) is -3.62. The van der Waals surface area contributed by atoms with E-state index in [0.717, 1.165) is 5.56 Å². The van der Waals surface area contributed by atoms with Crippen LogP contribution in [0, 0.1) is 0 Å². The van der Waals surface area contributed by atoms with Gasteiger partial charge in [-0.25, -0.2) is 9.59 Å². The minimum atomic E-state index is -1.57. The fourth-order valence-corrected chi connectivity index (χ4v) is 1.93. The van der Waals surface area contributed by atoms with E-state index in [2.05, 4.69) is 10.6 Å². The number of aliphatic hydroxyl groups is 2. The highest BCUT2D eigenvalue weighted by Gasteiger charge is 2.32. The number of nitrogens with one attached hydrogen (secondary N) is 2. The molecule has 0 saturated heterocycles. The second-order valence-corrected chi connectivity index (χ2v) is 5.49. The number of amides is 2. The molecule has 0 spiro atoms. The maximum Gasteiger partial charge on any atom is 0.408 e. The van der Waals surface area contributed by atoms with Gasteiger partial charge in [0.2, 0.25) is 5.91 Å². The van der Waals surface area contributed by atoms with E-state index in [1.807, 2.05) is 0 Å². The maximum atomic E-state index is 12.1. The zero-order valence-electron chi connectivity index (χ0n) is 13.9. The molecule has 0 radical (unpaired) electrons. The van der Waals surface area contributed by atoms with E-state index in [1.165, 1.54) is 13.8 Å². The number of hydrogen-bond acceptors (Lipinski definition) is 6. The van der Waals surface area contributed by atoms with Gasteiger partial charge in [0.05, 0.1) is 12.2 Å². The molecule has 1 aromatic carbocycles. The molecular weight excluding hydrogens is 332 g/mol. The number of rotatable bonds is 8. The molecule has 138 valence electrons. The van der Waals surface area contributed by atoms with Gasteiger partial charge in [0.15, 0.2) is 6.04 Å². The predicted molar refractivity (Wildman–Crippen MR) is 86.5 cm³/mol. The third kappa shape index (κ3) is 6.77. The first-order valence-electron chi connectivity index (χ1n) is 7.59. The van der Waals surface area contributed by atoms with Gasteiger partial charge in [0, 0.05) is 0 Å². The van der Waals surface area contributed by atoms with E-state index in [1.54, 1.807) is 30.3 Å². The average Bonchev–Trinajstić information content (AvgIpc) is 2.55. The zero-order valence-corrected chi connectivity index (χ0v) is 13.9. The molecule has 9 heteroatoms. The molecular formula is C16H22N2O7. The number of carbonyl (C=O) groups is 3. The third-order valence-corrected chi connectivity index (χ3v) is 3.30. The highest BCUT2D eigenvalue weighted by atomic mass is 16.5. The van der Waals surface area contributed by atoms with Gasteiger partial charge < -0.3 is 30.7 Å². The van der Waals surface area contributed by atoms with Crippen LogP contribution >= 0.6 is 0 Å². The minimum Gasteiger partial charge on any atom is -0.480 e. The fourth-order valence-electron chi connectivity index (χ4n) is 1.93. The van der Waals surface area contributed by atoms with Crippen LogP contribution in [0.15, 0.2) is 30.3 Å². The Morgan fingerprint density at radius 2 is 1.56 bits per heavy atom. The van der Waals surface area contributed by atoms with Crippen molar-refractivity contribution in [1.29, 1.82) is 0 Å². The highest BCUT2D eigenvalue weighted by molar-refractivity contribution is 5.89. The van der Waals surface area contributed by atoms with Crippen molar-refractivity contribution in [1.82, 2.24) is 10.6 Å². The Kier molecular flexibility index (Phi) is 7.83. The fraction of sp³-hybridized carbons (Fsp3) is 0.438. The number of alkyl carbamates (subject to hydrolysis) is 1. The number of aliphatic carboxylic acids is 1. The molecule has 0 fully saturated rings. The molecule has 0 saturated carbocycles. The number of benzene rings is 1. The molecule has 0 aliphatic carbocycles. The molecule has 0 heterocycles. The van der Waals surface area contributed by atoms with E-state index in [4.69, 9.17) is 9.84 Å². The predicted octanol–water partition coefficient (Wildman–Crippen LogP) is -0.388. The lowest BCUT2D eigenvalue weighted by molar-refractivity contribution is -0.145. The van der Waals surface area contributed by atoms with Gasteiger partial charge in [-0.15, -0.1) is 0 Å². The normalized spacial score (nSPS) is 15.4. The molecule has 0 aliphatic rings. The van der Waals surface area contributed by atoms with Crippen LogP contribution in [0.25, 0.3) is 0 Å². The van der Waals surface area contributed by atoms with Crippen molar-refractivity contribution in [2.45, 2.75) is 44.7 Å². The van der Waals surface area contributed by atoms with Crippen molar-refractivity contribution in [3.8, 4) is 0 Å². The molecule has 0 unspecified atom stereocenters. The smallest absolute Gasteiger partial charge is 0.408 e. The van der Waals surface area contributed by atoms with Crippen LogP contribution in [-0.2, 0) is 20.9 Å². The Balaban J connectivity index is 2.64. The second kappa shape index (κ2) is 9.60. The van der Waals surface area contributed by atoms with Crippen LogP contribution in [0.4, 0.5) is 4.79 Å². The summed E-state index contributed by atoms with van der Waals surface area (Å²) in [6, 6.07) is 5.81. The molecule has 4 atom stereocenters. The van der Waals surface area contributed by atoms with Crippen molar-refractivity contribution >= 4 is 18.0 Å². The summed E-state index contributed by atoms with van der Waals surface area (Å²) >= 11 is 0. The van der Waals surface area contributed by atoms with Crippen LogP contribution in [0.1, 0.15) is 19.4 Å². The summed E-state index contributed by atoms with van der Waals surface area (Å²) in [5.74, 6) is -2.40. The quantitative estimate of drug-likeness (QED) is 0.427. The van der Waals surface area contributed by atoms with Gasteiger partial charge in [-0.05, 0) is 19.4 Å². The van der Waals surface area contributed by atoms with Crippen molar-refractivity contribution < 1.29 is 34.4 Å². The summed E-state index contributed by atoms with van der Waals surface area (Å²) in [6.45, 7) is 2.41. The number of carboxylic acids is 1. The van der Waals surface area contributed by atoms with E-state index in [9.17, 15) is 24.6 Å². The molecule has 1 aromatic rings. The Bertz CT molecular complexity index is 589. The highest BCUT2D eigenvalue weighted by Crippen LogP contribution is 2.02. The molecule has 0 aliphatic heterocycles. The Morgan fingerprint density at radius 1 is 1.00 bits per heavy atom. The zero-order chi connectivity index (χ0) is 19.0. The lowest BCUT2D eigenvalue weighted by atomic mass is 10.1. The largest absolute Gasteiger partial charge is 0.480 e. The molecule has 0 aromatic heterocycles. The first-order chi connectivity index (χ1) is 11.7. The molecule has 9 nitrogen and oxygen atoms in total. The first kappa shape index (κ1) is 20.4. The van der Waals surface area contributed by atoms with E-state index < -0.39 is 42.3 Å². The monoisotopic (exact) mass is 354 g/mol. The first-order valence-corrected chi connectivity index (χ1v) is 7.59. The minimum absolute atomic E-state index is 0.0355. The van der Waals surface area contributed by atoms with Gasteiger partial charge >= 0.3 is 12.1 Å². The van der Waals surface area contributed by atoms with Crippen LogP contribution in [0.5, 0.6) is 0 Å². The SMILES string of the molecule is C[C@H](O)[C@H](NC(=O)[C@H](NC(=O)OCc1ccccc1)[C@@H](C)O)C(=O)O. The van der Waals surface area contributed by atoms with E-state index >= 15 is 0 Å². The summed E-state index contributed by atoms with van der Waals surface area (Å²) in [5.41, 5.74) is 0.732. The lowest BCUT2D eigenvalue weighted by Gasteiger charge is -2.24. The second-order valence-electron chi connectivity index (χ2n) is 5.49. The van der Waals surface area contributed by atoms with Crippen LogP contribution in [0.2, 0.25) is 0 Å². The van der Waals surface area contributed by atoms with Gasteiger partial charge in [-0.3, -0.25) is 4.79 Å². The van der Waals surface area contributed by atoms with E-state index in [-0.39, 0.29) is 6.61 Å². The number of carbonyl (C=O) groups excluding carboxylic acids is 2. The average molecular weight is 354 g/mol. The summed E-state index contributed by atoms with van der Waals surface area (Å²) in [4.78, 5) is 34.9. The van der Waals surface area contributed by atoms with Crippen molar-refractivity contribution in [3.63, 3.8) is 0 Å². The summed E-state index contributed by atoms with van der Waals surface area (Å²) < 4.78 is 4.95. The summed E-state index contributed by atoms with van der Waals surface area (Å²) in [5, 5.41) is 32.2. The number of carboxylic acid groups (broad SMARTS) is 1. The molecule has 1 rings (SSSR count). The van der Waals surface area contributed by atoms with Crippen LogP contribution < -0.4 is 10.6 Å². The molecule has 5 N–H and O–H groups in total. The van der Waals surface area contributed by atoms with Crippen molar-refractivity contribution in [2.75, 3.05) is 0 Å². The Morgan fingerprint density at radius 3 is 2.04 bits per heavy atom. The summed E-state index contributed by atoms with van der Waals surface area (Å²) in [7, 11) is 0. The van der Waals surface area contributed by atoms with Gasteiger partial charge in [-0.1, -0.05) is 30.3 Å². The van der Waals surface area contributed by atoms with Gasteiger partial charge in [0.25, 0.3) is 0 Å². The molecule has 25 heavy (non-hydrogen) atoms. The van der Waals surface area contributed by atoms with Crippen LogP contribution in [-0.4, -0.2) is 57.6 Å². The van der Waals surface area contributed by atoms with Gasteiger partial charge in [-0.2, -0.15) is 0 Å². The van der Waals surface area contributed by atoms with E-state index in [0.29, 0.717) is 0 Å². The Hall–Kier alpha value is -2.65. The van der Waals surface area contributed by atoms with Crippen molar-refractivity contribution in [3.05, 3.63) is 35.9 Å². The topological polar surface area (TPSA) is 145 Å². The number of aliphatic hydroxyl groups excluding tert-OH is 2. The molecule has 2 amide bonds. The molecule has 0 bridgehead atoms. The maximum absolute atomic E-state index is 12.1. The van der Waals surface area contributed by atoms with Gasteiger partial charge in [0.1, 0.15) is 12.6 Å². The number of hydrogen-bond donors (Lipinski definition) is 5. The number of ether oxygens (including phenoxy) is 1. The Labute approximate surface area is 144 Å². The van der Waals surface area contributed by atoms with Crippen LogP contribution in [0.3, 0.4) is 0 Å². The lowest BCUT2D eigenvalue weighted by Crippen LogP contribution is -2.57.